The van der Waals surface area contributed by atoms with Gasteiger partial charge in [0.15, 0.2) is 63.3 Å². The van der Waals surface area contributed by atoms with E-state index >= 15 is 0 Å². The van der Waals surface area contributed by atoms with Gasteiger partial charge in [0.2, 0.25) is 5.95 Å². The molecule has 1 amide bonds. The highest BCUT2D eigenvalue weighted by molar-refractivity contribution is 7.47. The smallest absolute Gasteiger partial charge is 0.472 e. The number of rotatable bonds is 12. The number of amides is 1. The molecule has 8 N–H and O–H groups in total. The molecule has 2 fully saturated rings. The molecule has 4 aliphatic rings. The molecule has 6 heterocycles. The number of aliphatic hydroxyl groups excluding tert-OH is 1. The maximum absolute atomic E-state index is 13.6. The lowest BCUT2D eigenvalue weighted by Gasteiger charge is -2.37. The highest BCUT2D eigenvalue weighted by Gasteiger charge is 2.56. The number of hydrogen-bond acceptors (Lipinski definition) is 18. The number of phosphoric ester groups is 1. The Morgan fingerprint density at radius 3 is 2.33 bits per heavy atom. The lowest BCUT2D eigenvalue weighted by atomic mass is 9.77. The van der Waals surface area contributed by atoms with Gasteiger partial charge in [0.1, 0.15) is 34.7 Å². The van der Waals surface area contributed by atoms with E-state index in [2.05, 4.69) is 25.6 Å². The van der Waals surface area contributed by atoms with Crippen molar-refractivity contribution in [2.75, 3.05) is 45.0 Å². The van der Waals surface area contributed by atoms with Gasteiger partial charge in [0.05, 0.1) is 37.5 Å². The summed E-state index contributed by atoms with van der Waals surface area (Å²) in [6, 6.07) is 7.29. The maximum Gasteiger partial charge on any atom is 0.472 e. The predicted molar refractivity (Wildman–Crippen MR) is 221 cm³/mol. The van der Waals surface area contributed by atoms with Gasteiger partial charge < -0.3 is 60.3 Å². The lowest BCUT2D eigenvalue weighted by Crippen LogP contribution is -2.39. The summed E-state index contributed by atoms with van der Waals surface area (Å²) in [6.45, 7) is 0.494. The van der Waals surface area contributed by atoms with E-state index in [1.807, 2.05) is 0 Å². The molecular formula is C39H38Cl2N7O14P. The number of methoxy groups -OCH3 is 2. The number of nitrogens with one attached hydrogen (secondary N) is 2. The zero-order valence-corrected chi connectivity index (χ0v) is 35.6. The van der Waals surface area contributed by atoms with Gasteiger partial charge in [0, 0.05) is 24.2 Å². The fourth-order valence-electron chi connectivity index (χ4n) is 8.23. The van der Waals surface area contributed by atoms with Gasteiger partial charge in [-0.05, 0) is 43.2 Å². The molecule has 3 aromatic carbocycles. The molecule has 2 saturated heterocycles. The van der Waals surface area contributed by atoms with Crippen LogP contribution in [0.15, 0.2) is 36.7 Å². The van der Waals surface area contributed by atoms with E-state index in [-0.39, 0.29) is 90.4 Å². The lowest BCUT2D eigenvalue weighted by molar-refractivity contribution is -0.0659. The number of aromatic hydroxyl groups is 2. The van der Waals surface area contributed by atoms with Crippen molar-refractivity contribution in [3.63, 3.8) is 0 Å². The van der Waals surface area contributed by atoms with Gasteiger partial charge in [0.25, 0.3) is 5.91 Å². The summed E-state index contributed by atoms with van der Waals surface area (Å²) in [7, 11) is -1.72. The van der Waals surface area contributed by atoms with E-state index < -0.39 is 61.3 Å². The molecule has 5 atom stereocenters. The number of phenolic OH excluding ortho intramolecular Hbond substituents is 2. The van der Waals surface area contributed by atoms with Crippen molar-refractivity contribution in [3.8, 4) is 34.5 Å². The summed E-state index contributed by atoms with van der Waals surface area (Å²) in [4.78, 5) is 49.9. The molecule has 0 radical (unpaired) electrons. The molecule has 1 unspecified atom stereocenters. The fraction of sp³-hybridized carbons (Fsp3) is 0.359. The third-order valence-corrected chi connectivity index (χ3v) is 12.9. The number of ether oxygens (including phenoxy) is 5. The number of aromatic nitrogens is 4. The average Bonchev–Trinajstić information content (AvgIpc) is 3.89. The molecule has 9 rings (SSSR count). The summed E-state index contributed by atoms with van der Waals surface area (Å²) in [5, 5.41) is 38.3. The highest BCUT2D eigenvalue weighted by atomic mass is 35.5. The second-order valence-electron chi connectivity index (χ2n) is 14.9. The van der Waals surface area contributed by atoms with E-state index in [9.17, 15) is 34.4 Å². The average molecular weight is 931 g/mol. The number of hydrogen-bond donors (Lipinski definition) is 7. The van der Waals surface area contributed by atoms with Crippen molar-refractivity contribution in [2.45, 2.75) is 55.8 Å². The highest BCUT2D eigenvalue weighted by Crippen LogP contribution is 2.63. The minimum atomic E-state index is -4.36. The SMILES string of the molecule is COc1cc2c(c(Cl)c1O)Oc1c(cc(OC)c(O)c1Cl)C21OC(=O)c2ccc(C(=O)NCCCCCCNc3nc4c(N)ncnc4n3[C@@H]3O[C@@H]4COP(=O)(O)O[C@H]4[C@H]3O)cc21. The number of unbranched alkanes of at least 4 members (excludes halogenated alkanes) is 3. The molecule has 63 heavy (non-hydrogen) atoms. The Balaban J connectivity index is 0.873. The summed E-state index contributed by atoms with van der Waals surface area (Å²) < 4.78 is 52.6. The van der Waals surface area contributed by atoms with Gasteiger partial charge in [-0.25, -0.2) is 24.3 Å². The van der Waals surface area contributed by atoms with Gasteiger partial charge in [-0.15, -0.1) is 0 Å². The van der Waals surface area contributed by atoms with Crippen LogP contribution in [0, 0.1) is 0 Å². The van der Waals surface area contributed by atoms with Crippen LogP contribution < -0.4 is 30.6 Å². The van der Waals surface area contributed by atoms with E-state index in [1.165, 1.54) is 55.4 Å². The van der Waals surface area contributed by atoms with Gasteiger partial charge in [-0.1, -0.05) is 36.0 Å². The first-order chi connectivity index (χ1) is 30.2. The third kappa shape index (κ3) is 6.99. The summed E-state index contributed by atoms with van der Waals surface area (Å²) in [5.74, 6) is -2.05. The number of anilines is 2. The summed E-state index contributed by atoms with van der Waals surface area (Å²) in [5.41, 5.74) is 5.64. The van der Waals surface area contributed by atoms with Crippen LogP contribution in [0.4, 0.5) is 11.8 Å². The molecule has 332 valence electrons. The topological polar surface area (TPSA) is 290 Å². The Hall–Kier alpha value is -5.64. The minimum absolute atomic E-state index is 0.0541. The number of phenols is 2. The number of halogens is 2. The Morgan fingerprint density at radius 1 is 1.00 bits per heavy atom. The second-order valence-corrected chi connectivity index (χ2v) is 17.1. The van der Waals surface area contributed by atoms with Crippen molar-refractivity contribution < 1.29 is 67.1 Å². The number of carbonyl (C=O) groups is 2. The van der Waals surface area contributed by atoms with Crippen molar-refractivity contribution in [2.24, 2.45) is 0 Å². The molecule has 24 heteroatoms. The van der Waals surface area contributed by atoms with E-state index in [4.69, 9.17) is 61.7 Å². The van der Waals surface area contributed by atoms with Crippen molar-refractivity contribution in [1.82, 2.24) is 24.8 Å². The number of nitrogens with zero attached hydrogens (tertiary/aromatic N) is 4. The fourth-order valence-corrected chi connectivity index (χ4v) is 9.66. The summed E-state index contributed by atoms with van der Waals surface area (Å²) in [6.07, 6.45) is -0.411. The third-order valence-electron chi connectivity index (χ3n) is 11.2. The standard InChI is InChI=1S/C39H38Cl2N7O14P/c1-56-21-12-19-30(24(40)27(21)49)60-31-20(13-22(57-2)28(50)25(31)41)39(19)18-11-16(7-8-17(18)37(53)61-39)35(52)43-9-5-3-4-6-10-44-38-47-26-33(42)45-15-46-34(26)48(38)36-29(51)32-23(59-36)14-58-63(54,55)62-32/h7-8,11-13,15,23,29,32,36,49-51H,3-6,9-10,14H2,1-2H3,(H,43,52)(H,44,47)(H,54,55)(H2,42,45,46)/t23-,29-,32-,36-/m1/s1. The van der Waals surface area contributed by atoms with Crippen LogP contribution in [0.2, 0.25) is 10.0 Å². The van der Waals surface area contributed by atoms with Crippen LogP contribution in [-0.4, -0.2) is 104 Å². The molecule has 1 spiro atoms. The molecule has 4 aliphatic heterocycles. The van der Waals surface area contributed by atoms with Gasteiger partial charge in [-0.2, -0.15) is 0 Å². The van der Waals surface area contributed by atoms with E-state index in [0.717, 1.165) is 12.8 Å². The Morgan fingerprint density at radius 2 is 1.67 bits per heavy atom. The van der Waals surface area contributed by atoms with Crippen LogP contribution >= 0.6 is 31.0 Å². The number of aliphatic hydroxyl groups is 1. The monoisotopic (exact) mass is 929 g/mol. The Bertz CT molecular complexity index is 2690. The van der Waals surface area contributed by atoms with Crippen molar-refractivity contribution >= 4 is 65.8 Å². The number of fused-ring (bicyclic) bond motifs is 8. The first-order valence-electron chi connectivity index (χ1n) is 19.4. The molecule has 0 saturated carbocycles. The first-order valence-corrected chi connectivity index (χ1v) is 21.7. The van der Waals surface area contributed by atoms with Gasteiger partial charge >= 0.3 is 13.8 Å². The van der Waals surface area contributed by atoms with E-state index in [0.29, 0.717) is 25.9 Å². The van der Waals surface area contributed by atoms with Crippen molar-refractivity contribution in [3.05, 3.63) is 74.5 Å². The van der Waals surface area contributed by atoms with Crippen LogP contribution in [0.3, 0.4) is 0 Å². The Kier molecular flexibility index (Phi) is 10.9. The van der Waals surface area contributed by atoms with E-state index in [1.54, 1.807) is 0 Å². The Labute approximate surface area is 366 Å². The molecule has 5 aromatic rings. The molecular weight excluding hydrogens is 892 g/mol. The number of nitrogen functional groups attached to an aromatic ring is 1. The normalized spacial score (nSPS) is 22.7. The molecule has 0 aliphatic carbocycles. The number of benzene rings is 3. The molecule has 0 bridgehead atoms. The zero-order chi connectivity index (χ0) is 44.5. The first kappa shape index (κ1) is 42.7. The minimum Gasteiger partial charge on any atom is -0.503 e. The number of carbonyl (C=O) groups excluding carboxylic acids is 2. The molecule has 21 nitrogen and oxygen atoms in total. The quantitative estimate of drug-likeness (QED) is 0.0498. The number of esters is 1. The van der Waals surface area contributed by atoms with Crippen LogP contribution in [0.5, 0.6) is 34.5 Å². The van der Waals surface area contributed by atoms with Crippen LogP contribution in [0.25, 0.3) is 11.2 Å². The predicted octanol–water partition coefficient (Wildman–Crippen LogP) is 4.89. The maximum atomic E-state index is 13.6. The second kappa shape index (κ2) is 16.2. The largest absolute Gasteiger partial charge is 0.503 e. The number of imidazole rings is 1. The van der Waals surface area contributed by atoms with Crippen LogP contribution in [0.1, 0.15) is 69.3 Å². The zero-order valence-electron chi connectivity index (χ0n) is 33.2. The van der Waals surface area contributed by atoms with Gasteiger partial charge in [-0.3, -0.25) is 18.4 Å². The number of phosphoric acid groups is 1. The number of nitrogens with two attached hydrogens (primary N) is 1. The summed E-state index contributed by atoms with van der Waals surface area (Å²) >= 11 is 13.2. The van der Waals surface area contributed by atoms with Crippen LogP contribution in [-0.2, 0) is 28.7 Å². The van der Waals surface area contributed by atoms with Crippen molar-refractivity contribution in [1.29, 1.82) is 0 Å². The molecule has 2 aromatic heterocycles.